The van der Waals surface area contributed by atoms with Crippen molar-refractivity contribution in [3.63, 3.8) is 0 Å². The highest BCUT2D eigenvalue weighted by Gasteiger charge is 2.10. The van der Waals surface area contributed by atoms with E-state index in [0.717, 1.165) is 22.3 Å². The van der Waals surface area contributed by atoms with E-state index in [1.165, 1.54) is 0 Å². The first kappa shape index (κ1) is 12.9. The van der Waals surface area contributed by atoms with Crippen LogP contribution in [0.4, 0.5) is 5.69 Å². The summed E-state index contributed by atoms with van der Waals surface area (Å²) in [7, 11) is 0. The third kappa shape index (κ3) is 2.62. The standard InChI is InChI=1S/C15H12N6/c1-10-7-18-11(8-17-10)9-19-15-12-4-2-3-5-13(12)20-21-14(15)6-16/h2-5,7-8H,9H2,1H3,(H,19,20). The van der Waals surface area contributed by atoms with Gasteiger partial charge in [-0.2, -0.15) is 5.26 Å². The molecule has 6 nitrogen and oxygen atoms in total. The topological polar surface area (TPSA) is 87.4 Å². The first-order valence-electron chi connectivity index (χ1n) is 6.45. The average Bonchev–Trinajstić information content (AvgIpc) is 2.54. The highest BCUT2D eigenvalue weighted by atomic mass is 15.1. The van der Waals surface area contributed by atoms with Crippen LogP contribution in [0.2, 0.25) is 0 Å². The van der Waals surface area contributed by atoms with E-state index in [-0.39, 0.29) is 5.69 Å². The fourth-order valence-electron chi connectivity index (χ4n) is 2.00. The van der Waals surface area contributed by atoms with E-state index in [0.29, 0.717) is 12.2 Å². The maximum absolute atomic E-state index is 9.19. The summed E-state index contributed by atoms with van der Waals surface area (Å²) in [6, 6.07) is 9.63. The number of aromatic nitrogens is 4. The smallest absolute Gasteiger partial charge is 0.186 e. The Bertz CT molecular complexity index is 820. The van der Waals surface area contributed by atoms with Gasteiger partial charge >= 0.3 is 0 Å². The normalized spacial score (nSPS) is 10.3. The fraction of sp³-hybridized carbons (Fsp3) is 0.133. The van der Waals surface area contributed by atoms with Crippen molar-refractivity contribution in [2.75, 3.05) is 5.32 Å². The molecule has 0 unspecified atom stereocenters. The van der Waals surface area contributed by atoms with Gasteiger partial charge in [0.2, 0.25) is 0 Å². The summed E-state index contributed by atoms with van der Waals surface area (Å²) < 4.78 is 0. The molecule has 0 amide bonds. The first-order valence-corrected chi connectivity index (χ1v) is 6.45. The zero-order valence-electron chi connectivity index (χ0n) is 11.4. The molecule has 0 aliphatic carbocycles. The molecule has 1 N–H and O–H groups in total. The molecule has 3 aromatic rings. The molecule has 102 valence electrons. The molecule has 1 aromatic carbocycles. The number of nitrogens with zero attached hydrogens (tertiary/aromatic N) is 5. The van der Waals surface area contributed by atoms with Gasteiger partial charge in [-0.05, 0) is 13.0 Å². The summed E-state index contributed by atoms with van der Waals surface area (Å²) in [5.41, 5.74) is 3.35. The Hall–Kier alpha value is -3.07. The molecular formula is C15H12N6. The van der Waals surface area contributed by atoms with Crippen LogP contribution in [0.5, 0.6) is 0 Å². The number of aryl methyl sites for hydroxylation is 1. The summed E-state index contributed by atoms with van der Waals surface area (Å²) in [5, 5.41) is 21.3. The minimum absolute atomic E-state index is 0.272. The minimum atomic E-state index is 0.272. The summed E-state index contributed by atoms with van der Waals surface area (Å²) in [6.07, 6.45) is 3.43. The van der Waals surface area contributed by atoms with Crippen LogP contribution in [-0.2, 0) is 6.54 Å². The van der Waals surface area contributed by atoms with Crippen LogP contribution in [0.3, 0.4) is 0 Å². The lowest BCUT2D eigenvalue weighted by atomic mass is 10.1. The molecule has 0 bridgehead atoms. The van der Waals surface area contributed by atoms with Crippen LogP contribution >= 0.6 is 0 Å². The average molecular weight is 276 g/mol. The molecule has 0 aliphatic heterocycles. The second-order valence-electron chi connectivity index (χ2n) is 4.56. The number of nitriles is 1. The van der Waals surface area contributed by atoms with E-state index in [2.05, 4.69) is 31.6 Å². The van der Waals surface area contributed by atoms with Gasteiger partial charge in [-0.3, -0.25) is 9.97 Å². The number of benzene rings is 1. The Kier molecular flexibility index (Phi) is 3.39. The van der Waals surface area contributed by atoms with Crippen molar-refractivity contribution < 1.29 is 0 Å². The van der Waals surface area contributed by atoms with E-state index in [4.69, 9.17) is 0 Å². The molecule has 2 heterocycles. The Morgan fingerprint density at radius 1 is 1.14 bits per heavy atom. The summed E-state index contributed by atoms with van der Waals surface area (Å²) >= 11 is 0. The molecule has 0 saturated heterocycles. The summed E-state index contributed by atoms with van der Waals surface area (Å²) in [4.78, 5) is 8.49. The van der Waals surface area contributed by atoms with Gasteiger partial charge in [0.25, 0.3) is 0 Å². The molecule has 21 heavy (non-hydrogen) atoms. The Balaban J connectivity index is 1.95. The number of hydrogen-bond acceptors (Lipinski definition) is 6. The van der Waals surface area contributed by atoms with Crippen LogP contribution < -0.4 is 5.32 Å². The molecule has 6 heteroatoms. The zero-order chi connectivity index (χ0) is 14.7. The van der Waals surface area contributed by atoms with Crippen LogP contribution in [0.15, 0.2) is 36.7 Å². The van der Waals surface area contributed by atoms with Gasteiger partial charge < -0.3 is 5.32 Å². The predicted octanol–water partition coefficient (Wildman–Crippen LogP) is 2.21. The van der Waals surface area contributed by atoms with Gasteiger partial charge in [0.05, 0.1) is 35.3 Å². The number of fused-ring (bicyclic) bond motifs is 1. The number of hydrogen-bond donors (Lipinski definition) is 1. The maximum Gasteiger partial charge on any atom is 0.186 e. The monoisotopic (exact) mass is 276 g/mol. The summed E-state index contributed by atoms with van der Waals surface area (Å²) in [6.45, 7) is 2.36. The lowest BCUT2D eigenvalue weighted by Crippen LogP contribution is -2.06. The predicted molar refractivity (Wildman–Crippen MR) is 78.3 cm³/mol. The summed E-state index contributed by atoms with van der Waals surface area (Å²) in [5.74, 6) is 0. The van der Waals surface area contributed by atoms with Gasteiger partial charge in [0.15, 0.2) is 5.69 Å². The van der Waals surface area contributed by atoms with Crippen LogP contribution in [-0.4, -0.2) is 20.2 Å². The number of nitrogens with one attached hydrogen (secondary N) is 1. The van der Waals surface area contributed by atoms with Crippen molar-refractivity contribution in [3.8, 4) is 6.07 Å². The van der Waals surface area contributed by atoms with Crippen LogP contribution in [0, 0.1) is 18.3 Å². The second kappa shape index (κ2) is 5.51. The third-order valence-electron chi connectivity index (χ3n) is 3.05. The van der Waals surface area contributed by atoms with Crippen molar-refractivity contribution in [1.82, 2.24) is 20.2 Å². The second-order valence-corrected chi connectivity index (χ2v) is 4.56. The van der Waals surface area contributed by atoms with Gasteiger partial charge in [-0.25, -0.2) is 0 Å². The SMILES string of the molecule is Cc1cnc(CNc2c(C#N)nnc3ccccc23)cn1. The molecule has 0 fully saturated rings. The van der Waals surface area contributed by atoms with Gasteiger partial charge in [-0.15, -0.1) is 10.2 Å². The van der Waals surface area contributed by atoms with Crippen LogP contribution in [0.25, 0.3) is 10.9 Å². The highest BCUT2D eigenvalue weighted by molar-refractivity contribution is 5.92. The molecule has 0 spiro atoms. The van der Waals surface area contributed by atoms with Crippen LogP contribution in [0.1, 0.15) is 17.1 Å². The molecule has 3 rings (SSSR count). The van der Waals surface area contributed by atoms with E-state index in [1.54, 1.807) is 12.4 Å². The number of rotatable bonds is 3. The Morgan fingerprint density at radius 2 is 2.00 bits per heavy atom. The van der Waals surface area contributed by atoms with Gasteiger partial charge in [-0.1, -0.05) is 18.2 Å². The Morgan fingerprint density at radius 3 is 2.76 bits per heavy atom. The largest absolute Gasteiger partial charge is 0.376 e. The Labute approximate surface area is 121 Å². The third-order valence-corrected chi connectivity index (χ3v) is 3.05. The molecular weight excluding hydrogens is 264 g/mol. The van der Waals surface area contributed by atoms with E-state index in [1.807, 2.05) is 31.2 Å². The molecule has 2 aromatic heterocycles. The quantitative estimate of drug-likeness (QED) is 0.789. The molecule has 0 atom stereocenters. The van der Waals surface area contributed by atoms with E-state index in [9.17, 15) is 5.26 Å². The van der Waals surface area contributed by atoms with Gasteiger partial charge in [0, 0.05) is 11.6 Å². The van der Waals surface area contributed by atoms with E-state index >= 15 is 0 Å². The van der Waals surface area contributed by atoms with E-state index < -0.39 is 0 Å². The maximum atomic E-state index is 9.19. The first-order chi connectivity index (χ1) is 10.3. The zero-order valence-corrected chi connectivity index (χ0v) is 11.4. The van der Waals surface area contributed by atoms with Crippen molar-refractivity contribution in [1.29, 1.82) is 5.26 Å². The highest BCUT2D eigenvalue weighted by Crippen LogP contribution is 2.24. The molecule has 0 aliphatic rings. The fourth-order valence-corrected chi connectivity index (χ4v) is 2.00. The van der Waals surface area contributed by atoms with Crippen molar-refractivity contribution in [3.05, 3.63) is 53.7 Å². The minimum Gasteiger partial charge on any atom is -0.376 e. The lowest BCUT2D eigenvalue weighted by Gasteiger charge is -2.09. The van der Waals surface area contributed by atoms with Crippen molar-refractivity contribution in [2.24, 2.45) is 0 Å². The lowest BCUT2D eigenvalue weighted by molar-refractivity contribution is 0.976. The van der Waals surface area contributed by atoms with Crippen molar-refractivity contribution >= 4 is 16.6 Å². The molecule has 0 saturated carbocycles. The van der Waals surface area contributed by atoms with Gasteiger partial charge in [0.1, 0.15) is 6.07 Å². The van der Waals surface area contributed by atoms with Crippen molar-refractivity contribution in [2.45, 2.75) is 13.5 Å². The number of anilines is 1. The molecule has 0 radical (unpaired) electrons.